The van der Waals surface area contributed by atoms with Crippen LogP contribution in [0.2, 0.25) is 5.15 Å². The first-order valence-electron chi connectivity index (χ1n) is 9.33. The SMILES string of the molecule is Cc1nn(CC(C)C)c(Cl)c1/C=C/C(=O)OCC(=O)N1CCc2ccccc21. The number of carbonyl (C=O) groups excluding carboxylic acids is 2. The Labute approximate surface area is 169 Å². The summed E-state index contributed by atoms with van der Waals surface area (Å²) in [5.41, 5.74) is 3.43. The molecule has 0 spiro atoms. The van der Waals surface area contributed by atoms with Gasteiger partial charge in [0.25, 0.3) is 5.91 Å². The number of aryl methyl sites for hydroxylation is 1. The van der Waals surface area contributed by atoms with Gasteiger partial charge in [0.05, 0.1) is 5.69 Å². The molecule has 0 saturated heterocycles. The van der Waals surface area contributed by atoms with E-state index in [4.69, 9.17) is 16.3 Å². The molecule has 1 aliphatic heterocycles. The third-order valence-corrected chi connectivity index (χ3v) is 4.96. The maximum atomic E-state index is 12.4. The molecule has 0 radical (unpaired) electrons. The molecule has 6 nitrogen and oxygen atoms in total. The molecule has 1 amide bonds. The lowest BCUT2D eigenvalue weighted by atomic mass is 10.2. The van der Waals surface area contributed by atoms with Gasteiger partial charge in [-0.2, -0.15) is 5.10 Å². The lowest BCUT2D eigenvalue weighted by Gasteiger charge is -2.16. The van der Waals surface area contributed by atoms with Crippen LogP contribution in [0.3, 0.4) is 0 Å². The number of amides is 1. The summed E-state index contributed by atoms with van der Waals surface area (Å²) in [5.74, 6) is -0.418. The second kappa shape index (κ2) is 8.61. The van der Waals surface area contributed by atoms with E-state index in [1.807, 2.05) is 31.2 Å². The molecule has 3 rings (SSSR count). The third-order valence-electron chi connectivity index (χ3n) is 4.56. The third kappa shape index (κ3) is 4.44. The second-order valence-electron chi connectivity index (χ2n) is 7.23. The van der Waals surface area contributed by atoms with Crippen molar-refractivity contribution in [3.8, 4) is 0 Å². The summed E-state index contributed by atoms with van der Waals surface area (Å²) in [5, 5.41) is 4.88. The van der Waals surface area contributed by atoms with Crippen LogP contribution in [0.5, 0.6) is 0 Å². The summed E-state index contributed by atoms with van der Waals surface area (Å²) in [7, 11) is 0. The van der Waals surface area contributed by atoms with Crippen molar-refractivity contribution in [3.05, 3.63) is 52.3 Å². The molecule has 0 N–H and O–H groups in total. The van der Waals surface area contributed by atoms with Crippen LogP contribution in [0, 0.1) is 12.8 Å². The highest BCUT2D eigenvalue weighted by atomic mass is 35.5. The van der Waals surface area contributed by atoms with Gasteiger partial charge in [-0.15, -0.1) is 0 Å². The highest BCUT2D eigenvalue weighted by Gasteiger charge is 2.24. The normalized spacial score (nSPS) is 13.4. The molecule has 0 atom stereocenters. The van der Waals surface area contributed by atoms with Gasteiger partial charge < -0.3 is 9.64 Å². The number of carbonyl (C=O) groups is 2. The number of halogens is 1. The quantitative estimate of drug-likeness (QED) is 0.547. The topological polar surface area (TPSA) is 64.4 Å². The zero-order chi connectivity index (χ0) is 20.3. The van der Waals surface area contributed by atoms with E-state index in [-0.39, 0.29) is 12.5 Å². The summed E-state index contributed by atoms with van der Waals surface area (Å²) in [4.78, 5) is 26.1. The maximum Gasteiger partial charge on any atom is 0.331 e. The smallest absolute Gasteiger partial charge is 0.331 e. The average Bonchev–Trinajstić information content (AvgIpc) is 3.19. The van der Waals surface area contributed by atoms with Gasteiger partial charge in [0.1, 0.15) is 5.15 Å². The maximum absolute atomic E-state index is 12.4. The standard InChI is InChI=1S/C21H24ClN3O3/c1-14(2)12-25-21(22)17(15(3)23-25)8-9-20(27)28-13-19(26)24-11-10-16-6-4-5-7-18(16)24/h4-9,14H,10-13H2,1-3H3/b9-8+. The number of rotatable bonds is 6. The second-order valence-corrected chi connectivity index (χ2v) is 7.59. The fourth-order valence-electron chi connectivity index (χ4n) is 3.23. The van der Waals surface area contributed by atoms with Crippen LogP contribution in [-0.2, 0) is 27.3 Å². The number of anilines is 1. The number of para-hydroxylation sites is 1. The molecule has 7 heteroatoms. The van der Waals surface area contributed by atoms with Gasteiger partial charge in [-0.3, -0.25) is 9.48 Å². The molecule has 0 bridgehead atoms. The van der Waals surface area contributed by atoms with Gasteiger partial charge in [-0.05, 0) is 37.0 Å². The van der Waals surface area contributed by atoms with Gasteiger partial charge in [0, 0.05) is 30.4 Å². The molecule has 1 aromatic carbocycles. The van der Waals surface area contributed by atoms with Gasteiger partial charge in [-0.25, -0.2) is 4.79 Å². The molecule has 28 heavy (non-hydrogen) atoms. The molecule has 2 heterocycles. The number of benzene rings is 1. The Morgan fingerprint density at radius 1 is 1.32 bits per heavy atom. The molecule has 0 saturated carbocycles. The van der Waals surface area contributed by atoms with E-state index in [1.165, 1.54) is 6.08 Å². The Morgan fingerprint density at radius 2 is 2.07 bits per heavy atom. The molecular weight excluding hydrogens is 378 g/mol. The van der Waals surface area contributed by atoms with E-state index in [0.717, 1.165) is 23.4 Å². The minimum atomic E-state index is -0.590. The van der Waals surface area contributed by atoms with Gasteiger partial charge >= 0.3 is 5.97 Å². The van der Waals surface area contributed by atoms with Crippen LogP contribution < -0.4 is 4.90 Å². The summed E-state index contributed by atoms with van der Waals surface area (Å²) < 4.78 is 6.84. The fourth-order valence-corrected chi connectivity index (χ4v) is 3.54. The fraction of sp³-hybridized carbons (Fsp3) is 0.381. The number of aromatic nitrogens is 2. The first-order valence-corrected chi connectivity index (χ1v) is 9.70. The van der Waals surface area contributed by atoms with E-state index < -0.39 is 5.97 Å². The zero-order valence-electron chi connectivity index (χ0n) is 16.3. The molecular formula is C21H24ClN3O3. The monoisotopic (exact) mass is 401 g/mol. The number of nitrogens with zero attached hydrogens (tertiary/aromatic N) is 3. The predicted octanol–water partition coefficient (Wildman–Crippen LogP) is 3.65. The van der Waals surface area contributed by atoms with Crippen molar-refractivity contribution < 1.29 is 14.3 Å². The Bertz CT molecular complexity index is 918. The van der Waals surface area contributed by atoms with E-state index in [0.29, 0.717) is 29.7 Å². The van der Waals surface area contributed by atoms with Crippen molar-refractivity contribution in [3.63, 3.8) is 0 Å². The van der Waals surface area contributed by atoms with Gasteiger partial charge in [-0.1, -0.05) is 43.6 Å². The highest BCUT2D eigenvalue weighted by molar-refractivity contribution is 6.31. The van der Waals surface area contributed by atoms with Crippen LogP contribution >= 0.6 is 11.6 Å². The molecule has 0 unspecified atom stereocenters. The van der Waals surface area contributed by atoms with E-state index in [1.54, 1.807) is 15.7 Å². The molecule has 0 aliphatic carbocycles. The van der Waals surface area contributed by atoms with E-state index in [9.17, 15) is 9.59 Å². The van der Waals surface area contributed by atoms with Crippen molar-refractivity contribution in [1.82, 2.24) is 9.78 Å². The van der Waals surface area contributed by atoms with Crippen LogP contribution in [0.1, 0.15) is 30.7 Å². The number of ether oxygens (including phenoxy) is 1. The van der Waals surface area contributed by atoms with Gasteiger partial charge in [0.15, 0.2) is 6.61 Å². The van der Waals surface area contributed by atoms with Crippen molar-refractivity contribution in [2.45, 2.75) is 33.7 Å². The summed E-state index contributed by atoms with van der Waals surface area (Å²) in [6.07, 6.45) is 3.67. The molecule has 1 aromatic heterocycles. The van der Waals surface area contributed by atoms with Crippen LogP contribution in [0.25, 0.3) is 6.08 Å². The Kier molecular flexibility index (Phi) is 6.19. The van der Waals surface area contributed by atoms with Crippen LogP contribution in [0.4, 0.5) is 5.69 Å². The summed E-state index contributed by atoms with van der Waals surface area (Å²) in [6, 6.07) is 7.75. The first kappa shape index (κ1) is 20.1. The number of hydrogen-bond donors (Lipinski definition) is 0. The average molecular weight is 402 g/mol. The molecule has 148 valence electrons. The van der Waals surface area contributed by atoms with Crippen molar-refractivity contribution in [1.29, 1.82) is 0 Å². The molecule has 2 aromatic rings. The lowest BCUT2D eigenvalue weighted by molar-refractivity contribution is -0.142. The first-order chi connectivity index (χ1) is 13.4. The predicted molar refractivity (Wildman–Crippen MR) is 109 cm³/mol. The highest BCUT2D eigenvalue weighted by Crippen LogP contribution is 2.27. The Balaban J connectivity index is 1.58. The number of hydrogen-bond acceptors (Lipinski definition) is 4. The van der Waals surface area contributed by atoms with E-state index in [2.05, 4.69) is 18.9 Å². The zero-order valence-corrected chi connectivity index (χ0v) is 17.1. The van der Waals surface area contributed by atoms with Gasteiger partial charge in [0.2, 0.25) is 0 Å². The Hall–Kier alpha value is -2.60. The van der Waals surface area contributed by atoms with Crippen molar-refractivity contribution in [2.75, 3.05) is 18.1 Å². The van der Waals surface area contributed by atoms with Crippen molar-refractivity contribution in [2.24, 2.45) is 5.92 Å². The molecule has 1 aliphatic rings. The lowest BCUT2D eigenvalue weighted by Crippen LogP contribution is -2.33. The summed E-state index contributed by atoms with van der Waals surface area (Å²) in [6.45, 7) is 7.00. The number of esters is 1. The Morgan fingerprint density at radius 3 is 2.82 bits per heavy atom. The molecule has 0 fully saturated rings. The minimum absolute atomic E-state index is 0.231. The van der Waals surface area contributed by atoms with E-state index >= 15 is 0 Å². The van der Waals surface area contributed by atoms with Crippen LogP contribution in [-0.4, -0.2) is 34.8 Å². The minimum Gasteiger partial charge on any atom is -0.452 e. The number of fused-ring (bicyclic) bond motifs is 1. The van der Waals surface area contributed by atoms with Crippen LogP contribution in [0.15, 0.2) is 30.3 Å². The van der Waals surface area contributed by atoms with Crippen molar-refractivity contribution >= 4 is 35.2 Å². The summed E-state index contributed by atoms with van der Waals surface area (Å²) >= 11 is 6.35. The largest absolute Gasteiger partial charge is 0.452 e.